The molecule has 0 heterocycles. The van der Waals surface area contributed by atoms with Gasteiger partial charge in [0.05, 0.1) is 6.61 Å². The van der Waals surface area contributed by atoms with Gasteiger partial charge in [0.25, 0.3) is 0 Å². The Morgan fingerprint density at radius 3 is 2.52 bits per heavy atom. The van der Waals surface area contributed by atoms with E-state index in [-0.39, 0.29) is 18.5 Å². The van der Waals surface area contributed by atoms with Gasteiger partial charge in [0.2, 0.25) is 0 Å². The predicted molar refractivity (Wildman–Crippen MR) is 86.0 cm³/mol. The van der Waals surface area contributed by atoms with E-state index in [1.54, 1.807) is 13.0 Å². The molecular formula is C17H29FN2O. The Kier molecular flexibility index (Phi) is 7.86. The van der Waals surface area contributed by atoms with Crippen LogP contribution in [-0.4, -0.2) is 42.3 Å². The molecule has 2 N–H and O–H groups in total. The summed E-state index contributed by atoms with van der Waals surface area (Å²) in [5.74, 6) is -0.147. The van der Waals surface area contributed by atoms with Gasteiger partial charge >= 0.3 is 0 Å². The molecule has 0 spiro atoms. The molecule has 0 aliphatic rings. The summed E-state index contributed by atoms with van der Waals surface area (Å²) in [6, 6.07) is 6.01. The molecule has 3 nitrogen and oxygen atoms in total. The van der Waals surface area contributed by atoms with E-state index in [0.717, 1.165) is 25.1 Å². The molecule has 1 unspecified atom stereocenters. The molecule has 1 aromatic rings. The Morgan fingerprint density at radius 1 is 1.29 bits per heavy atom. The quantitative estimate of drug-likeness (QED) is 0.735. The van der Waals surface area contributed by atoms with Gasteiger partial charge in [-0.15, -0.1) is 0 Å². The van der Waals surface area contributed by atoms with Crippen molar-refractivity contribution in [2.24, 2.45) is 0 Å². The van der Waals surface area contributed by atoms with Gasteiger partial charge < -0.3 is 10.4 Å². The lowest BCUT2D eigenvalue weighted by atomic mass is 10.0. The third-order valence-corrected chi connectivity index (χ3v) is 3.87. The van der Waals surface area contributed by atoms with Crippen LogP contribution >= 0.6 is 0 Å². The van der Waals surface area contributed by atoms with Crippen molar-refractivity contribution in [1.82, 2.24) is 10.2 Å². The molecule has 4 heteroatoms. The maximum Gasteiger partial charge on any atom is 0.126 e. The molecule has 0 radical (unpaired) electrons. The highest BCUT2D eigenvalue weighted by Gasteiger charge is 2.15. The third kappa shape index (κ3) is 5.73. The fraction of sp³-hybridized carbons (Fsp3) is 0.647. The molecular weight excluding hydrogens is 267 g/mol. The largest absolute Gasteiger partial charge is 0.395 e. The maximum absolute atomic E-state index is 13.8. The zero-order valence-electron chi connectivity index (χ0n) is 13.7. The molecule has 120 valence electrons. The van der Waals surface area contributed by atoms with Crippen molar-refractivity contribution >= 4 is 0 Å². The number of rotatable bonds is 9. The van der Waals surface area contributed by atoms with Crippen LogP contribution in [0.2, 0.25) is 0 Å². The number of benzene rings is 1. The molecule has 1 aromatic carbocycles. The summed E-state index contributed by atoms with van der Waals surface area (Å²) in [4.78, 5) is 2.24. The number of nitrogens with zero attached hydrogens (tertiary/aromatic N) is 1. The molecule has 21 heavy (non-hydrogen) atoms. The first kappa shape index (κ1) is 18.1. The SMILES string of the molecule is CCNC(CCN(CCO)C(C)C)c1ccc(C)c(F)c1. The highest BCUT2D eigenvalue weighted by atomic mass is 19.1. The highest BCUT2D eigenvalue weighted by Crippen LogP contribution is 2.20. The van der Waals surface area contributed by atoms with E-state index < -0.39 is 0 Å². The molecule has 0 amide bonds. The lowest BCUT2D eigenvalue weighted by Gasteiger charge is -2.28. The zero-order valence-corrected chi connectivity index (χ0v) is 13.7. The Labute approximate surface area is 128 Å². The zero-order chi connectivity index (χ0) is 15.8. The summed E-state index contributed by atoms with van der Waals surface area (Å²) >= 11 is 0. The van der Waals surface area contributed by atoms with Gasteiger partial charge in [-0.2, -0.15) is 0 Å². The van der Waals surface area contributed by atoms with Gasteiger partial charge in [0.1, 0.15) is 5.82 Å². The first-order valence-corrected chi connectivity index (χ1v) is 7.83. The van der Waals surface area contributed by atoms with Gasteiger partial charge in [-0.05, 0) is 50.9 Å². The van der Waals surface area contributed by atoms with Crippen molar-refractivity contribution in [2.45, 2.75) is 46.2 Å². The predicted octanol–water partition coefficient (Wildman–Crippen LogP) is 2.88. The summed E-state index contributed by atoms with van der Waals surface area (Å²) in [7, 11) is 0. The number of halogens is 1. The summed E-state index contributed by atoms with van der Waals surface area (Å²) < 4.78 is 13.8. The summed E-state index contributed by atoms with van der Waals surface area (Å²) in [6.45, 7) is 10.7. The van der Waals surface area contributed by atoms with Crippen molar-refractivity contribution in [3.05, 3.63) is 35.1 Å². The molecule has 0 fully saturated rings. The number of aryl methyl sites for hydroxylation is 1. The summed E-state index contributed by atoms with van der Waals surface area (Å²) in [5.41, 5.74) is 1.67. The number of aliphatic hydroxyl groups is 1. The van der Waals surface area contributed by atoms with Crippen molar-refractivity contribution in [3.63, 3.8) is 0 Å². The molecule has 0 saturated heterocycles. The normalized spacial score (nSPS) is 13.1. The highest BCUT2D eigenvalue weighted by molar-refractivity contribution is 5.25. The van der Waals surface area contributed by atoms with Crippen molar-refractivity contribution in [3.8, 4) is 0 Å². The van der Waals surface area contributed by atoms with E-state index in [2.05, 4.69) is 31.0 Å². The van der Waals surface area contributed by atoms with Crippen LogP contribution in [0.1, 0.15) is 44.4 Å². The average molecular weight is 296 g/mol. The van der Waals surface area contributed by atoms with Crippen molar-refractivity contribution in [1.29, 1.82) is 0 Å². The second-order valence-corrected chi connectivity index (χ2v) is 5.76. The van der Waals surface area contributed by atoms with Crippen molar-refractivity contribution < 1.29 is 9.50 Å². The molecule has 0 aliphatic heterocycles. The monoisotopic (exact) mass is 296 g/mol. The molecule has 1 rings (SSSR count). The van der Waals surface area contributed by atoms with Crippen LogP contribution in [0.3, 0.4) is 0 Å². The third-order valence-electron chi connectivity index (χ3n) is 3.87. The fourth-order valence-electron chi connectivity index (χ4n) is 2.51. The minimum atomic E-state index is -0.147. The van der Waals surface area contributed by atoms with Gasteiger partial charge in [-0.1, -0.05) is 19.1 Å². The van der Waals surface area contributed by atoms with E-state index >= 15 is 0 Å². The second kappa shape index (κ2) is 9.13. The minimum absolute atomic E-state index is 0.144. The van der Waals surface area contributed by atoms with E-state index in [9.17, 15) is 4.39 Å². The standard InChI is InChI=1S/C17H29FN2O/c1-5-19-17(8-9-20(10-11-21)13(2)3)15-7-6-14(4)16(18)12-15/h6-7,12-13,17,19,21H,5,8-11H2,1-4H3. The van der Waals surface area contributed by atoms with E-state index in [0.29, 0.717) is 18.2 Å². The first-order valence-electron chi connectivity index (χ1n) is 7.83. The smallest absolute Gasteiger partial charge is 0.126 e. The lowest BCUT2D eigenvalue weighted by molar-refractivity contribution is 0.159. The van der Waals surface area contributed by atoms with Crippen LogP contribution in [-0.2, 0) is 0 Å². The number of hydrogen-bond donors (Lipinski definition) is 2. The van der Waals surface area contributed by atoms with Crippen LogP contribution in [0.5, 0.6) is 0 Å². The summed E-state index contributed by atoms with van der Waals surface area (Å²) in [5, 5.41) is 12.6. The van der Waals surface area contributed by atoms with Crippen molar-refractivity contribution in [2.75, 3.05) is 26.2 Å². The Morgan fingerprint density at radius 2 is 2.00 bits per heavy atom. The van der Waals surface area contributed by atoms with E-state index in [4.69, 9.17) is 5.11 Å². The molecule has 0 saturated carbocycles. The van der Waals surface area contributed by atoms with Crippen LogP contribution in [0.15, 0.2) is 18.2 Å². The Hall–Kier alpha value is -0.970. The maximum atomic E-state index is 13.8. The van der Waals surface area contributed by atoms with Gasteiger partial charge in [0, 0.05) is 25.2 Å². The fourth-order valence-corrected chi connectivity index (χ4v) is 2.51. The van der Waals surface area contributed by atoms with Crippen LogP contribution in [0, 0.1) is 12.7 Å². The van der Waals surface area contributed by atoms with E-state index in [1.165, 1.54) is 0 Å². The van der Waals surface area contributed by atoms with Gasteiger partial charge in [0.15, 0.2) is 0 Å². The summed E-state index contributed by atoms with van der Waals surface area (Å²) in [6.07, 6.45) is 0.897. The second-order valence-electron chi connectivity index (χ2n) is 5.76. The number of hydrogen-bond acceptors (Lipinski definition) is 3. The van der Waals surface area contributed by atoms with E-state index in [1.807, 2.05) is 12.1 Å². The topological polar surface area (TPSA) is 35.5 Å². The van der Waals surface area contributed by atoms with Crippen LogP contribution in [0.4, 0.5) is 4.39 Å². The molecule has 1 atom stereocenters. The lowest BCUT2D eigenvalue weighted by Crippen LogP contribution is -2.36. The van der Waals surface area contributed by atoms with Gasteiger partial charge in [-0.3, -0.25) is 4.90 Å². The average Bonchev–Trinajstić information content (AvgIpc) is 2.44. The minimum Gasteiger partial charge on any atom is -0.395 e. The van der Waals surface area contributed by atoms with Crippen LogP contribution in [0.25, 0.3) is 0 Å². The first-order chi connectivity index (χ1) is 9.99. The molecule has 0 bridgehead atoms. The number of aliphatic hydroxyl groups excluding tert-OH is 1. The van der Waals surface area contributed by atoms with Gasteiger partial charge in [-0.25, -0.2) is 4.39 Å². The Balaban J connectivity index is 2.74. The molecule has 0 aromatic heterocycles. The molecule has 0 aliphatic carbocycles. The van der Waals surface area contributed by atoms with Crippen LogP contribution < -0.4 is 5.32 Å². The Bertz CT molecular complexity index is 423. The number of nitrogens with one attached hydrogen (secondary N) is 1.